The van der Waals surface area contributed by atoms with Gasteiger partial charge in [0.1, 0.15) is 0 Å². The van der Waals surface area contributed by atoms with Gasteiger partial charge in [0.25, 0.3) is 0 Å². The highest BCUT2D eigenvalue weighted by atomic mass is 32.1. The van der Waals surface area contributed by atoms with Crippen LogP contribution in [0, 0.1) is 0 Å². The Morgan fingerprint density at radius 1 is 1.56 bits per heavy atom. The lowest BCUT2D eigenvalue weighted by Crippen LogP contribution is -1.71. The molecule has 0 amide bonds. The van der Waals surface area contributed by atoms with Crippen LogP contribution in [-0.2, 0) is 6.42 Å². The minimum atomic E-state index is 1.19. The van der Waals surface area contributed by atoms with E-state index in [4.69, 9.17) is 0 Å². The number of hydrogen-bond donors (Lipinski definition) is 0. The van der Waals surface area contributed by atoms with Gasteiger partial charge in [0.05, 0.1) is 0 Å². The molecule has 0 unspecified atom stereocenters. The molecule has 0 saturated heterocycles. The zero-order valence-corrected chi connectivity index (χ0v) is 6.16. The van der Waals surface area contributed by atoms with E-state index in [2.05, 4.69) is 24.4 Å². The van der Waals surface area contributed by atoms with Gasteiger partial charge >= 0.3 is 0 Å². The molecule has 0 aromatic carbocycles. The molecule has 2 rings (SSSR count). The predicted molar refractivity (Wildman–Crippen MR) is 41.7 cm³/mol. The van der Waals surface area contributed by atoms with Crippen molar-refractivity contribution in [1.82, 2.24) is 0 Å². The van der Waals surface area contributed by atoms with Gasteiger partial charge in [-0.15, -0.1) is 11.3 Å². The van der Waals surface area contributed by atoms with Crippen molar-refractivity contribution >= 4 is 17.4 Å². The zero-order chi connectivity index (χ0) is 6.27. The molecule has 0 fully saturated rings. The van der Waals surface area contributed by atoms with Gasteiger partial charge in [-0.2, -0.15) is 0 Å². The van der Waals surface area contributed by atoms with Crippen molar-refractivity contribution in [1.29, 1.82) is 0 Å². The van der Waals surface area contributed by atoms with E-state index in [0.29, 0.717) is 0 Å². The van der Waals surface area contributed by atoms with Crippen LogP contribution < -0.4 is 0 Å². The quantitative estimate of drug-likeness (QED) is 0.514. The number of thiophene rings is 1. The highest BCUT2D eigenvalue weighted by Gasteiger charge is 2.08. The van der Waals surface area contributed by atoms with Crippen LogP contribution >= 0.6 is 11.3 Å². The summed E-state index contributed by atoms with van der Waals surface area (Å²) in [5, 5.41) is 2.16. The molecule has 1 heterocycles. The van der Waals surface area contributed by atoms with Crippen molar-refractivity contribution in [2.24, 2.45) is 0 Å². The Morgan fingerprint density at radius 2 is 2.44 bits per heavy atom. The van der Waals surface area contributed by atoms with Crippen molar-refractivity contribution < 1.29 is 0 Å². The summed E-state index contributed by atoms with van der Waals surface area (Å²) in [4.78, 5) is 1.53. The van der Waals surface area contributed by atoms with Crippen LogP contribution in [0.25, 0.3) is 6.08 Å². The van der Waals surface area contributed by atoms with E-state index in [-0.39, 0.29) is 0 Å². The van der Waals surface area contributed by atoms with Gasteiger partial charge in [-0.25, -0.2) is 0 Å². The van der Waals surface area contributed by atoms with Crippen molar-refractivity contribution in [3.8, 4) is 0 Å². The molecule has 0 atom stereocenters. The number of fused-ring (bicyclic) bond motifs is 1. The molecule has 1 aromatic rings. The second kappa shape index (κ2) is 1.71. The normalized spacial score (nSPS) is 15.4. The lowest BCUT2D eigenvalue weighted by atomic mass is 10.3. The molecule has 0 spiro atoms. The van der Waals surface area contributed by atoms with E-state index < -0.39 is 0 Å². The van der Waals surface area contributed by atoms with Crippen LogP contribution in [0.2, 0.25) is 0 Å². The number of allylic oxidation sites excluding steroid dienone is 1. The fourth-order valence-corrected chi connectivity index (χ4v) is 2.15. The van der Waals surface area contributed by atoms with Gasteiger partial charge in [-0.3, -0.25) is 0 Å². The summed E-state index contributed by atoms with van der Waals surface area (Å²) in [6.45, 7) is 2.19. The van der Waals surface area contributed by atoms with Crippen LogP contribution in [0.5, 0.6) is 0 Å². The first-order chi connectivity index (χ1) is 4.36. The number of rotatable bonds is 0. The second-order valence-corrected chi connectivity index (χ2v) is 3.47. The van der Waals surface area contributed by atoms with Crippen LogP contribution in [0.15, 0.2) is 17.0 Å². The summed E-state index contributed by atoms with van der Waals surface area (Å²) >= 11 is 1.86. The Morgan fingerprint density at radius 3 is 3.22 bits per heavy atom. The van der Waals surface area contributed by atoms with E-state index in [1.54, 1.807) is 0 Å². The van der Waals surface area contributed by atoms with Crippen molar-refractivity contribution in [3.05, 3.63) is 27.5 Å². The highest BCUT2D eigenvalue weighted by Crippen LogP contribution is 2.28. The Bertz CT molecular complexity index is 255. The fraction of sp³-hybridized carbons (Fsp3) is 0.250. The molecule has 0 aliphatic heterocycles. The van der Waals surface area contributed by atoms with Crippen molar-refractivity contribution in [2.45, 2.75) is 13.3 Å². The molecule has 1 aliphatic carbocycles. The SMILES string of the molecule is CC1=Cc2ccsc2C1. The third kappa shape index (κ3) is 0.724. The molecule has 1 aromatic heterocycles. The van der Waals surface area contributed by atoms with Crippen molar-refractivity contribution in [2.75, 3.05) is 0 Å². The molecule has 0 N–H and O–H groups in total. The molecule has 0 radical (unpaired) electrons. The lowest BCUT2D eigenvalue weighted by molar-refractivity contribution is 1.24. The average molecular weight is 136 g/mol. The molecular weight excluding hydrogens is 128 g/mol. The van der Waals surface area contributed by atoms with E-state index in [9.17, 15) is 0 Å². The Hall–Kier alpha value is -0.560. The van der Waals surface area contributed by atoms with Gasteiger partial charge < -0.3 is 0 Å². The molecule has 0 nitrogen and oxygen atoms in total. The maximum absolute atomic E-state index is 2.27. The molecule has 46 valence electrons. The highest BCUT2D eigenvalue weighted by molar-refractivity contribution is 7.10. The third-order valence-electron chi connectivity index (χ3n) is 1.62. The zero-order valence-electron chi connectivity index (χ0n) is 5.35. The van der Waals surface area contributed by atoms with Gasteiger partial charge in [-0.05, 0) is 23.9 Å². The van der Waals surface area contributed by atoms with Gasteiger partial charge in [0.15, 0.2) is 0 Å². The molecular formula is C8H8S. The fourth-order valence-electron chi connectivity index (χ4n) is 1.19. The van der Waals surface area contributed by atoms with Crippen LogP contribution in [0.4, 0.5) is 0 Å². The first-order valence-electron chi connectivity index (χ1n) is 3.10. The first-order valence-corrected chi connectivity index (χ1v) is 3.98. The summed E-state index contributed by atoms with van der Waals surface area (Å²) < 4.78 is 0. The Balaban J connectivity index is 2.55. The standard InChI is InChI=1S/C8H8S/c1-6-4-7-2-3-9-8(7)5-6/h2-4H,5H2,1H3. The average Bonchev–Trinajstić information content (AvgIpc) is 2.22. The minimum Gasteiger partial charge on any atom is -0.148 e. The summed E-state index contributed by atoms with van der Waals surface area (Å²) in [5.74, 6) is 0. The second-order valence-electron chi connectivity index (χ2n) is 2.47. The Kier molecular flexibility index (Phi) is 0.995. The summed E-state index contributed by atoms with van der Waals surface area (Å²) in [7, 11) is 0. The number of hydrogen-bond acceptors (Lipinski definition) is 1. The molecule has 1 aliphatic rings. The van der Waals surface area contributed by atoms with Gasteiger partial charge in [0, 0.05) is 11.3 Å². The maximum Gasteiger partial charge on any atom is 0.0158 e. The van der Waals surface area contributed by atoms with E-state index in [1.807, 2.05) is 11.3 Å². The predicted octanol–water partition coefficient (Wildman–Crippen LogP) is 2.71. The summed E-state index contributed by atoms with van der Waals surface area (Å²) in [6.07, 6.45) is 3.46. The largest absolute Gasteiger partial charge is 0.148 e. The minimum absolute atomic E-state index is 1.19. The molecule has 0 bridgehead atoms. The van der Waals surface area contributed by atoms with Gasteiger partial charge in [0.2, 0.25) is 0 Å². The smallest absolute Gasteiger partial charge is 0.0158 e. The van der Waals surface area contributed by atoms with E-state index in [0.717, 1.165) is 0 Å². The molecule has 0 saturated carbocycles. The summed E-state index contributed by atoms with van der Waals surface area (Å²) in [6, 6.07) is 2.19. The van der Waals surface area contributed by atoms with Crippen molar-refractivity contribution in [3.63, 3.8) is 0 Å². The van der Waals surface area contributed by atoms with E-state index in [1.165, 1.54) is 22.4 Å². The van der Waals surface area contributed by atoms with Crippen LogP contribution in [0.3, 0.4) is 0 Å². The monoisotopic (exact) mass is 136 g/mol. The molecule has 1 heteroatoms. The Labute approximate surface area is 58.8 Å². The maximum atomic E-state index is 2.27. The van der Waals surface area contributed by atoms with E-state index >= 15 is 0 Å². The first kappa shape index (κ1) is 5.24. The lowest BCUT2D eigenvalue weighted by Gasteiger charge is -1.84. The summed E-state index contributed by atoms with van der Waals surface area (Å²) in [5.41, 5.74) is 2.94. The van der Waals surface area contributed by atoms with Crippen LogP contribution in [0.1, 0.15) is 17.4 Å². The topological polar surface area (TPSA) is 0 Å². The molecule has 9 heavy (non-hydrogen) atoms. The van der Waals surface area contributed by atoms with Gasteiger partial charge in [-0.1, -0.05) is 11.6 Å². The third-order valence-corrected chi connectivity index (χ3v) is 2.56. The van der Waals surface area contributed by atoms with Crippen LogP contribution in [-0.4, -0.2) is 0 Å².